The summed E-state index contributed by atoms with van der Waals surface area (Å²) < 4.78 is 32.6. The molecule has 0 aromatic heterocycles. The highest BCUT2D eigenvalue weighted by Gasteiger charge is 2.32. The molecule has 174 valence electrons. The van der Waals surface area contributed by atoms with E-state index in [9.17, 15) is 13.2 Å². The molecule has 32 heavy (non-hydrogen) atoms. The summed E-state index contributed by atoms with van der Waals surface area (Å²) in [6.45, 7) is 8.96. The van der Waals surface area contributed by atoms with Gasteiger partial charge >= 0.3 is 0 Å². The maximum absolute atomic E-state index is 13.0. The highest BCUT2D eigenvalue weighted by molar-refractivity contribution is 7.89. The molecule has 1 fully saturated rings. The lowest BCUT2D eigenvalue weighted by Crippen LogP contribution is -2.43. The van der Waals surface area contributed by atoms with Crippen LogP contribution >= 0.6 is 0 Å². The van der Waals surface area contributed by atoms with Crippen molar-refractivity contribution in [2.45, 2.75) is 57.4 Å². The van der Waals surface area contributed by atoms with E-state index in [1.54, 1.807) is 37.4 Å². The van der Waals surface area contributed by atoms with Crippen LogP contribution in [0.1, 0.15) is 62.3 Å². The lowest BCUT2D eigenvalue weighted by atomic mass is 9.92. The zero-order valence-corrected chi connectivity index (χ0v) is 20.4. The second kappa shape index (κ2) is 10.0. The summed E-state index contributed by atoms with van der Waals surface area (Å²) in [7, 11) is -1.84. The second-order valence-electron chi connectivity index (χ2n) is 8.83. The molecule has 7 heteroatoms. The number of piperidine rings is 1. The molecule has 2 aromatic rings. The molecule has 1 heterocycles. The standard InChI is InChI=1S/C25H34N2O4S/c1-17(2)22-16-23(18(3)15-24(22)31-5)19(4)26-25(28)20-11-13-27(14-12-20)32(29,30)21-9-7-6-8-10-21/h6-10,15-17,19-20H,11-14H2,1-5H3,(H,26,28). The number of rotatable bonds is 7. The molecule has 0 bridgehead atoms. The number of sulfonamides is 1. The minimum absolute atomic E-state index is 0.0180. The van der Waals surface area contributed by atoms with E-state index in [-0.39, 0.29) is 17.9 Å². The molecule has 1 amide bonds. The van der Waals surface area contributed by atoms with Gasteiger partial charge in [-0.25, -0.2) is 8.42 Å². The molecular formula is C25H34N2O4S. The van der Waals surface area contributed by atoms with Crippen LogP contribution in [0.5, 0.6) is 5.75 Å². The van der Waals surface area contributed by atoms with Gasteiger partial charge in [-0.1, -0.05) is 32.0 Å². The van der Waals surface area contributed by atoms with Crippen molar-refractivity contribution in [2.75, 3.05) is 20.2 Å². The monoisotopic (exact) mass is 458 g/mol. The Morgan fingerprint density at radius 3 is 2.25 bits per heavy atom. The first-order valence-corrected chi connectivity index (χ1v) is 12.6. The molecule has 0 saturated carbocycles. The molecule has 0 spiro atoms. The zero-order chi connectivity index (χ0) is 23.5. The van der Waals surface area contributed by atoms with Gasteiger partial charge in [0.1, 0.15) is 5.75 Å². The van der Waals surface area contributed by atoms with E-state index >= 15 is 0 Å². The van der Waals surface area contributed by atoms with E-state index in [1.807, 2.05) is 19.9 Å². The fourth-order valence-electron chi connectivity index (χ4n) is 4.32. The second-order valence-corrected chi connectivity index (χ2v) is 10.8. The quantitative estimate of drug-likeness (QED) is 0.667. The molecular weight excluding hydrogens is 424 g/mol. The third-order valence-corrected chi connectivity index (χ3v) is 8.18. The molecule has 1 atom stereocenters. The van der Waals surface area contributed by atoms with Crippen LogP contribution in [0.25, 0.3) is 0 Å². The smallest absolute Gasteiger partial charge is 0.243 e. The normalized spacial score (nSPS) is 16.7. The first kappa shape index (κ1) is 24.3. The number of nitrogens with zero attached hydrogens (tertiary/aromatic N) is 1. The predicted octanol–water partition coefficient (Wildman–Crippen LogP) is 4.41. The third-order valence-electron chi connectivity index (χ3n) is 6.27. The van der Waals surface area contributed by atoms with E-state index < -0.39 is 10.0 Å². The van der Waals surface area contributed by atoms with Gasteiger partial charge in [-0.15, -0.1) is 0 Å². The van der Waals surface area contributed by atoms with Crippen molar-refractivity contribution in [1.29, 1.82) is 0 Å². The largest absolute Gasteiger partial charge is 0.496 e. The Hall–Kier alpha value is -2.38. The Labute approximate surface area is 192 Å². The van der Waals surface area contributed by atoms with Crippen LogP contribution < -0.4 is 10.1 Å². The summed E-state index contributed by atoms with van der Waals surface area (Å²) in [5.41, 5.74) is 3.27. The molecule has 1 unspecified atom stereocenters. The van der Waals surface area contributed by atoms with Gasteiger partial charge in [-0.2, -0.15) is 4.31 Å². The number of hydrogen-bond donors (Lipinski definition) is 1. The molecule has 6 nitrogen and oxygen atoms in total. The van der Waals surface area contributed by atoms with Crippen LogP contribution in [0.4, 0.5) is 0 Å². The number of carbonyl (C=O) groups excluding carboxylic acids is 1. The number of benzene rings is 2. The van der Waals surface area contributed by atoms with Crippen molar-refractivity contribution in [1.82, 2.24) is 9.62 Å². The van der Waals surface area contributed by atoms with Crippen LogP contribution in [-0.2, 0) is 14.8 Å². The maximum Gasteiger partial charge on any atom is 0.243 e. The summed E-state index contributed by atoms with van der Waals surface area (Å²) >= 11 is 0. The number of carbonyl (C=O) groups is 1. The van der Waals surface area contributed by atoms with Gasteiger partial charge in [0.15, 0.2) is 0 Å². The van der Waals surface area contributed by atoms with E-state index in [1.165, 1.54) is 4.31 Å². The summed E-state index contributed by atoms with van der Waals surface area (Å²) in [6.07, 6.45) is 1.03. The van der Waals surface area contributed by atoms with Crippen LogP contribution in [0.3, 0.4) is 0 Å². The van der Waals surface area contributed by atoms with Crippen LogP contribution in [0.2, 0.25) is 0 Å². The Kier molecular flexibility index (Phi) is 7.62. The van der Waals surface area contributed by atoms with Crippen LogP contribution in [0, 0.1) is 12.8 Å². The van der Waals surface area contributed by atoms with Crippen molar-refractivity contribution < 1.29 is 17.9 Å². The molecule has 1 aliphatic heterocycles. The maximum atomic E-state index is 13.0. The van der Waals surface area contributed by atoms with E-state index in [0.29, 0.717) is 36.7 Å². The molecule has 1 N–H and O–H groups in total. The summed E-state index contributed by atoms with van der Waals surface area (Å²) in [5, 5.41) is 3.15. The number of amides is 1. The van der Waals surface area contributed by atoms with Crippen molar-refractivity contribution in [3.05, 3.63) is 59.2 Å². The number of ether oxygens (including phenoxy) is 1. The fraction of sp³-hybridized carbons (Fsp3) is 0.480. The Morgan fingerprint density at radius 2 is 1.69 bits per heavy atom. The molecule has 2 aromatic carbocycles. The Balaban J connectivity index is 1.65. The number of methoxy groups -OCH3 is 1. The van der Waals surface area contributed by atoms with E-state index in [4.69, 9.17) is 4.74 Å². The van der Waals surface area contributed by atoms with Crippen molar-refractivity contribution >= 4 is 15.9 Å². The lowest BCUT2D eigenvalue weighted by Gasteiger charge is -2.31. The average Bonchev–Trinajstić information content (AvgIpc) is 2.79. The fourth-order valence-corrected chi connectivity index (χ4v) is 5.81. The van der Waals surface area contributed by atoms with Gasteiger partial charge < -0.3 is 10.1 Å². The molecule has 3 rings (SSSR count). The Bertz CT molecular complexity index is 1040. The average molecular weight is 459 g/mol. The lowest BCUT2D eigenvalue weighted by molar-refractivity contribution is -0.126. The van der Waals surface area contributed by atoms with Crippen molar-refractivity contribution in [2.24, 2.45) is 5.92 Å². The van der Waals surface area contributed by atoms with Crippen LogP contribution in [0.15, 0.2) is 47.4 Å². The summed E-state index contributed by atoms with van der Waals surface area (Å²) in [4.78, 5) is 13.3. The molecule has 1 saturated heterocycles. The predicted molar refractivity (Wildman–Crippen MR) is 126 cm³/mol. The minimum Gasteiger partial charge on any atom is -0.496 e. The van der Waals surface area contributed by atoms with Gasteiger partial charge in [0.2, 0.25) is 15.9 Å². The van der Waals surface area contributed by atoms with E-state index in [2.05, 4.69) is 25.2 Å². The SMILES string of the molecule is COc1cc(C)c(C(C)NC(=O)C2CCN(S(=O)(=O)c3ccccc3)CC2)cc1C(C)C. The van der Waals surface area contributed by atoms with Gasteiger partial charge in [-0.05, 0) is 73.6 Å². The highest BCUT2D eigenvalue weighted by Crippen LogP contribution is 2.32. The van der Waals surface area contributed by atoms with Gasteiger partial charge in [0, 0.05) is 19.0 Å². The summed E-state index contributed by atoms with van der Waals surface area (Å²) in [5.74, 6) is 0.966. The first-order chi connectivity index (χ1) is 15.1. The van der Waals surface area contributed by atoms with Gasteiger partial charge in [0.25, 0.3) is 0 Å². The van der Waals surface area contributed by atoms with Crippen LogP contribution in [-0.4, -0.2) is 38.8 Å². The topological polar surface area (TPSA) is 75.7 Å². The number of hydrogen-bond acceptors (Lipinski definition) is 4. The minimum atomic E-state index is -3.51. The molecule has 0 aliphatic carbocycles. The first-order valence-electron chi connectivity index (χ1n) is 11.2. The third kappa shape index (κ3) is 5.15. The van der Waals surface area contributed by atoms with Gasteiger partial charge in [-0.3, -0.25) is 4.79 Å². The Morgan fingerprint density at radius 1 is 1.06 bits per heavy atom. The van der Waals surface area contributed by atoms with Gasteiger partial charge in [0.05, 0.1) is 18.0 Å². The number of aryl methyl sites for hydroxylation is 1. The molecule has 0 radical (unpaired) electrons. The van der Waals surface area contributed by atoms with Crippen molar-refractivity contribution in [3.63, 3.8) is 0 Å². The van der Waals surface area contributed by atoms with E-state index in [0.717, 1.165) is 22.4 Å². The highest BCUT2D eigenvalue weighted by atomic mass is 32.2. The van der Waals surface area contributed by atoms with Crippen molar-refractivity contribution in [3.8, 4) is 5.75 Å². The zero-order valence-electron chi connectivity index (χ0n) is 19.6. The molecule has 1 aliphatic rings. The summed E-state index contributed by atoms with van der Waals surface area (Å²) in [6, 6.07) is 12.5. The number of nitrogens with one attached hydrogen (secondary N) is 1.